The first kappa shape index (κ1) is 10.1. The lowest BCUT2D eigenvalue weighted by Gasteiger charge is -1.96. The highest BCUT2D eigenvalue weighted by Gasteiger charge is 2.12. The largest absolute Gasteiger partial charge is 0.481 e. The van der Waals surface area contributed by atoms with Gasteiger partial charge in [-0.15, -0.1) is 11.3 Å². The first-order valence-corrected chi connectivity index (χ1v) is 4.76. The second-order valence-electron chi connectivity index (χ2n) is 2.91. The monoisotopic (exact) mass is 200 g/mol. The first-order valence-electron chi connectivity index (χ1n) is 3.94. The number of hydrogen-bond donors (Lipinski definition) is 2. The van der Waals surface area contributed by atoms with Gasteiger partial charge in [-0.2, -0.15) is 0 Å². The molecular formula is C8H12N2O2S. The zero-order valence-corrected chi connectivity index (χ0v) is 8.39. The molecule has 0 bridgehead atoms. The minimum absolute atomic E-state index is 0.0188. The van der Waals surface area contributed by atoms with Crippen LogP contribution >= 0.6 is 11.3 Å². The number of carboxylic acid groups (broad SMARTS) is 1. The number of rotatable bonds is 3. The number of carbonyl (C=O) groups is 1. The minimum Gasteiger partial charge on any atom is -0.481 e. The van der Waals surface area contributed by atoms with Crippen LogP contribution in [0.5, 0.6) is 0 Å². The van der Waals surface area contributed by atoms with Crippen molar-refractivity contribution in [1.82, 2.24) is 4.98 Å². The average Bonchev–Trinajstić information content (AvgIpc) is 2.31. The molecule has 0 aliphatic heterocycles. The summed E-state index contributed by atoms with van der Waals surface area (Å²) in [6.07, 6.45) is -0.0188. The van der Waals surface area contributed by atoms with E-state index in [1.165, 1.54) is 11.3 Å². The van der Waals surface area contributed by atoms with E-state index in [0.717, 1.165) is 9.88 Å². The van der Waals surface area contributed by atoms with Crippen molar-refractivity contribution in [3.05, 3.63) is 15.6 Å². The standard InChI is InChI=1S/C8H12N2O2S/c1-4(9)8-10-6(3-7(11)12)5(2)13-8/h4H,3,9H2,1-2H3,(H,11,12). The van der Waals surface area contributed by atoms with Crippen molar-refractivity contribution in [2.45, 2.75) is 26.3 Å². The third-order valence-electron chi connectivity index (χ3n) is 1.62. The summed E-state index contributed by atoms with van der Waals surface area (Å²) in [6, 6.07) is -0.119. The van der Waals surface area contributed by atoms with E-state index >= 15 is 0 Å². The number of nitrogens with two attached hydrogens (primary N) is 1. The fraction of sp³-hybridized carbons (Fsp3) is 0.500. The molecule has 1 rings (SSSR count). The fourth-order valence-electron chi connectivity index (χ4n) is 0.952. The second kappa shape index (κ2) is 3.85. The van der Waals surface area contributed by atoms with Gasteiger partial charge in [-0.05, 0) is 13.8 Å². The molecule has 0 spiro atoms. The maximum atomic E-state index is 10.4. The molecule has 1 atom stereocenters. The van der Waals surface area contributed by atoms with Gasteiger partial charge in [-0.3, -0.25) is 4.79 Å². The van der Waals surface area contributed by atoms with Crippen LogP contribution in [0, 0.1) is 6.92 Å². The molecule has 13 heavy (non-hydrogen) atoms. The Hall–Kier alpha value is -0.940. The van der Waals surface area contributed by atoms with Crippen molar-refractivity contribution < 1.29 is 9.90 Å². The molecule has 5 heteroatoms. The summed E-state index contributed by atoms with van der Waals surface area (Å²) in [4.78, 5) is 15.5. The van der Waals surface area contributed by atoms with Crippen LogP contribution in [0.4, 0.5) is 0 Å². The van der Waals surface area contributed by atoms with Gasteiger partial charge in [-0.25, -0.2) is 4.98 Å². The predicted molar refractivity (Wildman–Crippen MR) is 50.8 cm³/mol. The summed E-state index contributed by atoms with van der Waals surface area (Å²) in [5.74, 6) is -0.857. The van der Waals surface area contributed by atoms with Gasteiger partial charge in [0, 0.05) is 4.88 Å². The van der Waals surface area contributed by atoms with Crippen molar-refractivity contribution in [3.63, 3.8) is 0 Å². The van der Waals surface area contributed by atoms with Crippen LogP contribution in [0.1, 0.15) is 28.5 Å². The number of hydrogen-bond acceptors (Lipinski definition) is 4. The number of nitrogens with zero attached hydrogens (tertiary/aromatic N) is 1. The van der Waals surface area contributed by atoms with E-state index < -0.39 is 5.97 Å². The van der Waals surface area contributed by atoms with E-state index in [9.17, 15) is 4.79 Å². The Morgan fingerprint density at radius 1 is 1.77 bits per heavy atom. The molecule has 0 radical (unpaired) electrons. The molecule has 0 aliphatic carbocycles. The number of aliphatic carboxylic acids is 1. The Morgan fingerprint density at radius 2 is 2.38 bits per heavy atom. The first-order chi connectivity index (χ1) is 6.00. The molecule has 0 aromatic carbocycles. The summed E-state index contributed by atoms with van der Waals surface area (Å²) >= 11 is 1.46. The summed E-state index contributed by atoms with van der Waals surface area (Å²) in [5, 5.41) is 9.37. The predicted octanol–water partition coefficient (Wildman–Crippen LogP) is 1.10. The van der Waals surface area contributed by atoms with Gasteiger partial charge in [0.25, 0.3) is 0 Å². The van der Waals surface area contributed by atoms with Crippen LogP contribution in [0.15, 0.2) is 0 Å². The van der Waals surface area contributed by atoms with Crippen molar-refractivity contribution in [3.8, 4) is 0 Å². The van der Waals surface area contributed by atoms with Gasteiger partial charge < -0.3 is 10.8 Å². The maximum absolute atomic E-state index is 10.4. The molecule has 72 valence electrons. The highest BCUT2D eigenvalue weighted by Crippen LogP contribution is 2.21. The molecule has 1 unspecified atom stereocenters. The van der Waals surface area contributed by atoms with Gasteiger partial charge in [-0.1, -0.05) is 0 Å². The molecule has 1 heterocycles. The fourth-order valence-corrected chi connectivity index (χ4v) is 1.84. The van der Waals surface area contributed by atoms with Crippen LogP contribution < -0.4 is 5.73 Å². The lowest BCUT2D eigenvalue weighted by Crippen LogP contribution is -2.06. The Balaban J connectivity index is 2.89. The zero-order valence-electron chi connectivity index (χ0n) is 7.57. The van der Waals surface area contributed by atoms with Crippen LogP contribution in [0.3, 0.4) is 0 Å². The summed E-state index contributed by atoms with van der Waals surface area (Å²) in [5.41, 5.74) is 6.26. The Labute approximate surface area is 80.4 Å². The molecule has 0 saturated carbocycles. The second-order valence-corrected chi connectivity index (χ2v) is 4.15. The average molecular weight is 200 g/mol. The van der Waals surface area contributed by atoms with Crippen LogP contribution in [-0.2, 0) is 11.2 Å². The van der Waals surface area contributed by atoms with Crippen molar-refractivity contribution in [1.29, 1.82) is 0 Å². The normalized spacial score (nSPS) is 12.8. The van der Waals surface area contributed by atoms with E-state index in [-0.39, 0.29) is 12.5 Å². The molecule has 3 N–H and O–H groups in total. The van der Waals surface area contributed by atoms with E-state index in [2.05, 4.69) is 4.98 Å². The lowest BCUT2D eigenvalue weighted by molar-refractivity contribution is -0.136. The zero-order chi connectivity index (χ0) is 10.0. The number of aryl methyl sites for hydroxylation is 1. The van der Waals surface area contributed by atoms with E-state index in [1.54, 1.807) is 0 Å². The highest BCUT2D eigenvalue weighted by molar-refractivity contribution is 7.11. The van der Waals surface area contributed by atoms with Crippen LogP contribution in [-0.4, -0.2) is 16.1 Å². The summed E-state index contributed by atoms with van der Waals surface area (Å²) in [6.45, 7) is 3.70. The molecule has 1 aromatic heterocycles. The summed E-state index contributed by atoms with van der Waals surface area (Å²) < 4.78 is 0. The number of aromatic nitrogens is 1. The van der Waals surface area contributed by atoms with Crippen molar-refractivity contribution >= 4 is 17.3 Å². The number of thiazole rings is 1. The van der Waals surface area contributed by atoms with E-state index in [4.69, 9.17) is 10.8 Å². The van der Waals surface area contributed by atoms with Gasteiger partial charge in [0.1, 0.15) is 5.01 Å². The molecule has 0 fully saturated rings. The van der Waals surface area contributed by atoms with Gasteiger partial charge >= 0.3 is 5.97 Å². The Kier molecular flexibility index (Phi) is 3.00. The van der Waals surface area contributed by atoms with E-state index in [0.29, 0.717) is 5.69 Å². The van der Waals surface area contributed by atoms with Crippen LogP contribution in [0.25, 0.3) is 0 Å². The SMILES string of the molecule is Cc1sc(C(C)N)nc1CC(=O)O. The summed E-state index contributed by atoms with van der Waals surface area (Å²) in [7, 11) is 0. The van der Waals surface area contributed by atoms with Gasteiger partial charge in [0.2, 0.25) is 0 Å². The molecule has 0 saturated heterocycles. The van der Waals surface area contributed by atoms with Crippen molar-refractivity contribution in [2.75, 3.05) is 0 Å². The molecule has 4 nitrogen and oxygen atoms in total. The quantitative estimate of drug-likeness (QED) is 0.766. The van der Waals surface area contributed by atoms with Crippen molar-refractivity contribution in [2.24, 2.45) is 5.73 Å². The number of carboxylic acids is 1. The maximum Gasteiger partial charge on any atom is 0.309 e. The highest BCUT2D eigenvalue weighted by atomic mass is 32.1. The topological polar surface area (TPSA) is 76.2 Å². The Morgan fingerprint density at radius 3 is 2.77 bits per heavy atom. The van der Waals surface area contributed by atoms with Crippen LogP contribution in [0.2, 0.25) is 0 Å². The molecule has 0 aliphatic rings. The molecular weight excluding hydrogens is 188 g/mol. The third kappa shape index (κ3) is 2.50. The molecule has 1 aromatic rings. The smallest absolute Gasteiger partial charge is 0.309 e. The van der Waals surface area contributed by atoms with Gasteiger partial charge in [0.15, 0.2) is 0 Å². The van der Waals surface area contributed by atoms with Gasteiger partial charge in [0.05, 0.1) is 18.2 Å². The van der Waals surface area contributed by atoms with E-state index in [1.807, 2.05) is 13.8 Å². The Bertz CT molecular complexity index is 320. The third-order valence-corrected chi connectivity index (χ3v) is 2.83. The lowest BCUT2D eigenvalue weighted by atomic mass is 10.3. The molecule has 0 amide bonds. The minimum atomic E-state index is -0.857.